The fraction of sp³-hybridized carbons (Fsp3) is 0.889. The van der Waals surface area contributed by atoms with E-state index in [0.717, 1.165) is 12.8 Å². The molecule has 0 unspecified atom stereocenters. The minimum Gasteiger partial charge on any atom is -0.351 e. The zero-order valence-corrected chi connectivity index (χ0v) is 10.4. The smallest absolute Gasteiger partial charge is 0.327 e. The third-order valence-corrected chi connectivity index (χ3v) is 3.04. The molecule has 0 aromatic rings. The van der Waals surface area contributed by atoms with Crippen LogP contribution in [0.2, 0.25) is 0 Å². The molecule has 0 radical (unpaired) electrons. The van der Waals surface area contributed by atoms with Gasteiger partial charge in [0.2, 0.25) is 5.91 Å². The molecule has 0 aromatic carbocycles. The van der Waals surface area contributed by atoms with Crippen molar-refractivity contribution in [1.82, 2.24) is 5.32 Å². The summed E-state index contributed by atoms with van der Waals surface area (Å²) in [5.41, 5.74) is -0.857. The maximum atomic E-state index is 11.3. The summed E-state index contributed by atoms with van der Waals surface area (Å²) < 4.78 is 10.8. The van der Waals surface area contributed by atoms with Crippen LogP contribution in [0.15, 0.2) is 0 Å². The van der Waals surface area contributed by atoms with Gasteiger partial charge in [-0.3, -0.25) is 9.36 Å². The lowest BCUT2D eigenvalue weighted by atomic mass is 10.1. The molecular formula is C9H20NO4P. The molecular weight excluding hydrogens is 217 g/mol. The summed E-state index contributed by atoms with van der Waals surface area (Å²) in [6, 6.07) is 0. The summed E-state index contributed by atoms with van der Waals surface area (Å²) in [6.07, 6.45) is 1.78. The van der Waals surface area contributed by atoms with Gasteiger partial charge in [0, 0.05) is 12.0 Å². The fourth-order valence-corrected chi connectivity index (χ4v) is 2.44. The van der Waals surface area contributed by atoms with Gasteiger partial charge in [-0.2, -0.15) is 0 Å². The number of carbonyl (C=O) groups is 1. The lowest BCUT2D eigenvalue weighted by Crippen LogP contribution is -2.46. The summed E-state index contributed by atoms with van der Waals surface area (Å²) in [4.78, 5) is 28.9. The van der Waals surface area contributed by atoms with Crippen LogP contribution < -0.4 is 5.32 Å². The molecule has 0 saturated carbocycles. The number of carbonyl (C=O) groups excluding carboxylic acids is 1. The van der Waals surface area contributed by atoms with Crippen LogP contribution in [0.1, 0.15) is 40.0 Å². The number of rotatable bonds is 6. The largest absolute Gasteiger partial charge is 0.351 e. The van der Waals surface area contributed by atoms with Crippen molar-refractivity contribution in [2.75, 3.05) is 6.16 Å². The highest BCUT2D eigenvalue weighted by molar-refractivity contribution is 7.51. The van der Waals surface area contributed by atoms with Gasteiger partial charge in [0.25, 0.3) is 0 Å². The molecule has 0 saturated heterocycles. The van der Waals surface area contributed by atoms with E-state index in [2.05, 4.69) is 5.32 Å². The van der Waals surface area contributed by atoms with Crippen LogP contribution in [0.4, 0.5) is 0 Å². The summed E-state index contributed by atoms with van der Waals surface area (Å²) in [5.74, 6) is -0.157. The Labute approximate surface area is 90.4 Å². The number of unbranched alkanes of at least 4 members (excludes halogenated alkanes) is 1. The van der Waals surface area contributed by atoms with E-state index in [-0.39, 0.29) is 12.1 Å². The lowest BCUT2D eigenvalue weighted by molar-refractivity contribution is -0.122. The van der Waals surface area contributed by atoms with Crippen molar-refractivity contribution < 1.29 is 19.1 Å². The highest BCUT2D eigenvalue weighted by Crippen LogP contribution is 2.38. The van der Waals surface area contributed by atoms with Gasteiger partial charge in [-0.1, -0.05) is 13.3 Å². The van der Waals surface area contributed by atoms with Crippen LogP contribution in [0.3, 0.4) is 0 Å². The maximum absolute atomic E-state index is 11.3. The van der Waals surface area contributed by atoms with Crippen LogP contribution in [0, 0.1) is 0 Å². The van der Waals surface area contributed by atoms with Gasteiger partial charge in [-0.15, -0.1) is 0 Å². The first-order chi connectivity index (χ1) is 6.66. The Morgan fingerprint density at radius 2 is 1.93 bits per heavy atom. The second kappa shape index (κ2) is 5.64. The molecule has 3 N–H and O–H groups in total. The first kappa shape index (κ1) is 14.6. The highest BCUT2D eigenvalue weighted by atomic mass is 31.2. The van der Waals surface area contributed by atoms with Crippen molar-refractivity contribution in [3.8, 4) is 0 Å². The number of amides is 1. The summed E-state index contributed by atoms with van der Waals surface area (Å²) in [6.45, 7) is 5.19. The minimum absolute atomic E-state index is 0.157. The molecule has 1 amide bonds. The SMILES string of the molecule is CCCCC(=O)NC(C)(C)CP(=O)(O)O. The van der Waals surface area contributed by atoms with E-state index in [1.807, 2.05) is 6.92 Å². The van der Waals surface area contributed by atoms with Crippen LogP contribution in [0.25, 0.3) is 0 Å². The second-order valence-corrected chi connectivity index (χ2v) is 6.00. The quantitative estimate of drug-likeness (QED) is 0.607. The van der Waals surface area contributed by atoms with Gasteiger partial charge in [-0.05, 0) is 20.3 Å². The van der Waals surface area contributed by atoms with Crippen molar-refractivity contribution in [3.63, 3.8) is 0 Å². The average molecular weight is 237 g/mol. The molecule has 0 heterocycles. The molecule has 90 valence electrons. The van der Waals surface area contributed by atoms with Gasteiger partial charge < -0.3 is 15.1 Å². The zero-order valence-electron chi connectivity index (χ0n) is 9.49. The first-order valence-electron chi connectivity index (χ1n) is 5.02. The number of hydrogen-bond donors (Lipinski definition) is 3. The van der Waals surface area contributed by atoms with E-state index in [0.29, 0.717) is 6.42 Å². The van der Waals surface area contributed by atoms with Crippen molar-refractivity contribution in [1.29, 1.82) is 0 Å². The van der Waals surface area contributed by atoms with E-state index < -0.39 is 13.1 Å². The van der Waals surface area contributed by atoms with Crippen molar-refractivity contribution in [2.24, 2.45) is 0 Å². The average Bonchev–Trinajstić information content (AvgIpc) is 1.94. The van der Waals surface area contributed by atoms with Gasteiger partial charge in [0.15, 0.2) is 0 Å². The molecule has 0 bridgehead atoms. The van der Waals surface area contributed by atoms with E-state index >= 15 is 0 Å². The topological polar surface area (TPSA) is 86.6 Å². The second-order valence-electron chi connectivity index (χ2n) is 4.36. The monoisotopic (exact) mass is 237 g/mol. The molecule has 0 aliphatic heterocycles. The van der Waals surface area contributed by atoms with E-state index in [1.165, 1.54) is 0 Å². The molecule has 0 aromatic heterocycles. The summed E-state index contributed by atoms with van der Waals surface area (Å²) >= 11 is 0. The standard InChI is InChI=1S/C9H20NO4P/c1-4-5-6-8(11)10-9(2,3)7-15(12,13)14/h4-7H2,1-3H3,(H,10,11)(H2,12,13,14). The van der Waals surface area contributed by atoms with Crippen molar-refractivity contribution in [2.45, 2.75) is 45.6 Å². The fourth-order valence-electron chi connectivity index (χ4n) is 1.33. The molecule has 0 atom stereocenters. The molecule has 0 spiro atoms. The van der Waals surface area contributed by atoms with Gasteiger partial charge >= 0.3 is 7.60 Å². The number of hydrogen-bond acceptors (Lipinski definition) is 2. The Morgan fingerprint density at radius 1 is 1.40 bits per heavy atom. The van der Waals surface area contributed by atoms with Gasteiger partial charge in [-0.25, -0.2) is 0 Å². The van der Waals surface area contributed by atoms with Crippen LogP contribution in [0.5, 0.6) is 0 Å². The minimum atomic E-state index is -4.08. The maximum Gasteiger partial charge on any atom is 0.327 e. The molecule has 0 rings (SSSR count). The van der Waals surface area contributed by atoms with Gasteiger partial charge in [0.1, 0.15) is 0 Å². The molecule has 5 nitrogen and oxygen atoms in total. The molecule has 6 heteroatoms. The van der Waals surface area contributed by atoms with Crippen molar-refractivity contribution in [3.05, 3.63) is 0 Å². The van der Waals surface area contributed by atoms with Crippen LogP contribution in [-0.4, -0.2) is 27.4 Å². The lowest BCUT2D eigenvalue weighted by Gasteiger charge is -2.26. The highest BCUT2D eigenvalue weighted by Gasteiger charge is 2.29. The van der Waals surface area contributed by atoms with Crippen molar-refractivity contribution >= 4 is 13.5 Å². The summed E-state index contributed by atoms with van der Waals surface area (Å²) in [7, 11) is -4.08. The van der Waals surface area contributed by atoms with Crippen LogP contribution >= 0.6 is 7.60 Å². The molecule has 0 aliphatic rings. The Morgan fingerprint density at radius 3 is 2.33 bits per heavy atom. The van der Waals surface area contributed by atoms with E-state index in [9.17, 15) is 9.36 Å². The molecule has 15 heavy (non-hydrogen) atoms. The van der Waals surface area contributed by atoms with E-state index in [1.54, 1.807) is 13.8 Å². The zero-order chi connectivity index (χ0) is 12.1. The third kappa shape index (κ3) is 8.60. The van der Waals surface area contributed by atoms with E-state index in [4.69, 9.17) is 9.79 Å². The predicted octanol–water partition coefficient (Wildman–Crippen LogP) is 1.25. The Kier molecular flexibility index (Phi) is 5.49. The van der Waals surface area contributed by atoms with Crippen LogP contribution in [-0.2, 0) is 9.36 Å². The Hall–Kier alpha value is -0.380. The first-order valence-corrected chi connectivity index (χ1v) is 6.81. The Bertz CT molecular complexity index is 259. The predicted molar refractivity (Wildman–Crippen MR) is 58.7 cm³/mol. The molecule has 0 aliphatic carbocycles. The normalized spacial score (nSPS) is 12.6. The summed E-state index contributed by atoms with van der Waals surface area (Å²) in [5, 5.41) is 2.62. The molecule has 0 fully saturated rings. The number of nitrogens with one attached hydrogen (secondary N) is 1. The Balaban J connectivity index is 4.13. The third-order valence-electron chi connectivity index (χ3n) is 1.84. The van der Waals surface area contributed by atoms with Gasteiger partial charge in [0.05, 0.1) is 6.16 Å².